The van der Waals surface area contributed by atoms with Gasteiger partial charge in [-0.2, -0.15) is 5.10 Å². The lowest BCUT2D eigenvalue weighted by atomic mass is 9.98. The molecule has 21 heavy (non-hydrogen) atoms. The van der Waals surface area contributed by atoms with E-state index in [1.54, 1.807) is 0 Å². The molecule has 0 saturated heterocycles. The Bertz CT molecular complexity index is 569. The van der Waals surface area contributed by atoms with Gasteiger partial charge in [0.05, 0.1) is 17.4 Å². The van der Waals surface area contributed by atoms with Gasteiger partial charge in [-0.3, -0.25) is 10.5 Å². The molecular weight excluding hydrogens is 260 g/mol. The molecule has 0 fully saturated rings. The Morgan fingerprint density at radius 1 is 1.14 bits per heavy atom. The molecule has 114 valence electrons. The van der Waals surface area contributed by atoms with Crippen molar-refractivity contribution in [2.24, 2.45) is 5.84 Å². The molecule has 0 saturated carbocycles. The van der Waals surface area contributed by atoms with Crippen LogP contribution < -0.4 is 11.3 Å². The van der Waals surface area contributed by atoms with Crippen molar-refractivity contribution in [1.29, 1.82) is 0 Å². The number of hydrazine groups is 1. The first-order valence-electron chi connectivity index (χ1n) is 7.73. The van der Waals surface area contributed by atoms with E-state index in [0.717, 1.165) is 24.4 Å². The van der Waals surface area contributed by atoms with Crippen LogP contribution in [0.4, 0.5) is 0 Å². The van der Waals surface area contributed by atoms with Crippen molar-refractivity contribution in [3.05, 3.63) is 52.8 Å². The summed E-state index contributed by atoms with van der Waals surface area (Å²) >= 11 is 0. The molecular formula is C17H26N4. The van der Waals surface area contributed by atoms with E-state index in [-0.39, 0.29) is 6.04 Å². The number of nitrogens with one attached hydrogen (secondary N) is 1. The summed E-state index contributed by atoms with van der Waals surface area (Å²) in [6, 6.07) is 10.8. The van der Waals surface area contributed by atoms with Crippen LogP contribution in [0, 0.1) is 0 Å². The van der Waals surface area contributed by atoms with Crippen molar-refractivity contribution in [1.82, 2.24) is 15.2 Å². The highest BCUT2D eigenvalue weighted by molar-refractivity contribution is 5.32. The van der Waals surface area contributed by atoms with Gasteiger partial charge in [0.2, 0.25) is 0 Å². The van der Waals surface area contributed by atoms with Crippen LogP contribution in [0.1, 0.15) is 62.2 Å². The first-order valence-corrected chi connectivity index (χ1v) is 7.73. The van der Waals surface area contributed by atoms with Gasteiger partial charge in [0.25, 0.3) is 0 Å². The SMILES string of the molecule is CCc1cc(C(NN)c2ccc(C(C)C)cc2)n(CC)n1. The standard InChI is InChI=1S/C17H26N4/c1-5-15-11-16(21(6-2)20-15)17(19-18)14-9-7-13(8-10-14)12(3)4/h7-12,17,19H,5-6,18H2,1-4H3. The summed E-state index contributed by atoms with van der Waals surface area (Å²) in [6.45, 7) is 9.47. The van der Waals surface area contributed by atoms with Crippen LogP contribution in [0.3, 0.4) is 0 Å². The quantitative estimate of drug-likeness (QED) is 0.633. The second-order valence-electron chi connectivity index (χ2n) is 5.65. The van der Waals surface area contributed by atoms with Crippen molar-refractivity contribution in [3.8, 4) is 0 Å². The van der Waals surface area contributed by atoms with Crippen LogP contribution in [0.25, 0.3) is 0 Å². The van der Waals surface area contributed by atoms with E-state index in [9.17, 15) is 0 Å². The summed E-state index contributed by atoms with van der Waals surface area (Å²) in [5.41, 5.74) is 7.66. The van der Waals surface area contributed by atoms with Gasteiger partial charge in [0, 0.05) is 6.54 Å². The molecule has 0 aliphatic heterocycles. The lowest BCUT2D eigenvalue weighted by molar-refractivity contribution is 0.541. The molecule has 1 atom stereocenters. The fourth-order valence-electron chi connectivity index (χ4n) is 2.57. The lowest BCUT2D eigenvalue weighted by Crippen LogP contribution is -2.30. The largest absolute Gasteiger partial charge is 0.271 e. The van der Waals surface area contributed by atoms with Gasteiger partial charge in [0.15, 0.2) is 0 Å². The Morgan fingerprint density at radius 2 is 1.76 bits per heavy atom. The summed E-state index contributed by atoms with van der Waals surface area (Å²) in [4.78, 5) is 0. The molecule has 0 amide bonds. The van der Waals surface area contributed by atoms with E-state index in [2.05, 4.69) is 68.6 Å². The van der Waals surface area contributed by atoms with Gasteiger partial charge < -0.3 is 0 Å². The molecule has 1 unspecified atom stereocenters. The van der Waals surface area contributed by atoms with Crippen LogP contribution in [-0.2, 0) is 13.0 Å². The van der Waals surface area contributed by atoms with Gasteiger partial charge in [0.1, 0.15) is 0 Å². The number of aryl methyl sites for hydroxylation is 2. The number of aromatic nitrogens is 2. The third-order valence-electron chi connectivity index (χ3n) is 3.92. The normalized spacial score (nSPS) is 12.9. The average molecular weight is 286 g/mol. The molecule has 0 radical (unpaired) electrons. The molecule has 0 bridgehead atoms. The molecule has 1 heterocycles. The zero-order valence-corrected chi connectivity index (χ0v) is 13.4. The third kappa shape index (κ3) is 3.34. The molecule has 0 aliphatic carbocycles. The van der Waals surface area contributed by atoms with Gasteiger partial charge in [-0.1, -0.05) is 45.0 Å². The van der Waals surface area contributed by atoms with Gasteiger partial charge in [-0.05, 0) is 36.5 Å². The zero-order valence-electron chi connectivity index (χ0n) is 13.4. The number of hydrogen-bond donors (Lipinski definition) is 2. The number of hydrogen-bond acceptors (Lipinski definition) is 3. The van der Waals surface area contributed by atoms with Gasteiger partial charge >= 0.3 is 0 Å². The van der Waals surface area contributed by atoms with Gasteiger partial charge in [-0.15, -0.1) is 0 Å². The maximum Gasteiger partial charge on any atom is 0.0878 e. The molecule has 2 rings (SSSR count). The maximum atomic E-state index is 5.82. The van der Waals surface area contributed by atoms with E-state index < -0.39 is 0 Å². The van der Waals surface area contributed by atoms with E-state index in [1.807, 2.05) is 4.68 Å². The highest BCUT2D eigenvalue weighted by Crippen LogP contribution is 2.24. The van der Waals surface area contributed by atoms with Crippen molar-refractivity contribution < 1.29 is 0 Å². The molecule has 1 aromatic carbocycles. The summed E-state index contributed by atoms with van der Waals surface area (Å²) in [5.74, 6) is 6.36. The fraction of sp³-hybridized carbons (Fsp3) is 0.471. The van der Waals surface area contributed by atoms with E-state index in [0.29, 0.717) is 5.92 Å². The fourth-order valence-corrected chi connectivity index (χ4v) is 2.57. The second kappa shape index (κ2) is 6.87. The van der Waals surface area contributed by atoms with Crippen LogP contribution in [0.2, 0.25) is 0 Å². The summed E-state index contributed by atoms with van der Waals surface area (Å²) < 4.78 is 2.03. The first kappa shape index (κ1) is 15.7. The topological polar surface area (TPSA) is 55.9 Å². The van der Waals surface area contributed by atoms with Crippen molar-refractivity contribution in [3.63, 3.8) is 0 Å². The van der Waals surface area contributed by atoms with E-state index in [1.165, 1.54) is 11.1 Å². The number of nitrogens with two attached hydrogens (primary N) is 1. The summed E-state index contributed by atoms with van der Waals surface area (Å²) in [6.07, 6.45) is 0.934. The Hall–Kier alpha value is -1.65. The highest BCUT2D eigenvalue weighted by atomic mass is 15.3. The maximum absolute atomic E-state index is 5.82. The third-order valence-corrected chi connectivity index (χ3v) is 3.92. The molecule has 0 spiro atoms. The van der Waals surface area contributed by atoms with Crippen LogP contribution in [0.5, 0.6) is 0 Å². The average Bonchev–Trinajstić information content (AvgIpc) is 2.92. The zero-order chi connectivity index (χ0) is 15.4. The highest BCUT2D eigenvalue weighted by Gasteiger charge is 2.18. The molecule has 2 aromatic rings. The van der Waals surface area contributed by atoms with Crippen molar-refractivity contribution in [2.75, 3.05) is 0 Å². The molecule has 4 nitrogen and oxygen atoms in total. The first-order chi connectivity index (χ1) is 10.1. The van der Waals surface area contributed by atoms with Crippen LogP contribution in [-0.4, -0.2) is 9.78 Å². The minimum Gasteiger partial charge on any atom is -0.271 e. The Kier molecular flexibility index (Phi) is 5.15. The predicted molar refractivity (Wildman–Crippen MR) is 87.0 cm³/mol. The van der Waals surface area contributed by atoms with Crippen LogP contribution in [0.15, 0.2) is 30.3 Å². The second-order valence-corrected chi connectivity index (χ2v) is 5.65. The lowest BCUT2D eigenvalue weighted by Gasteiger charge is -2.18. The number of benzene rings is 1. The Labute approximate surface area is 127 Å². The smallest absolute Gasteiger partial charge is 0.0878 e. The van der Waals surface area contributed by atoms with E-state index in [4.69, 9.17) is 5.84 Å². The summed E-state index contributed by atoms with van der Waals surface area (Å²) in [7, 11) is 0. The van der Waals surface area contributed by atoms with Gasteiger partial charge in [-0.25, -0.2) is 5.43 Å². The number of rotatable bonds is 6. The molecule has 1 aromatic heterocycles. The Morgan fingerprint density at radius 3 is 2.24 bits per heavy atom. The van der Waals surface area contributed by atoms with Crippen molar-refractivity contribution in [2.45, 2.75) is 52.6 Å². The minimum absolute atomic E-state index is 0.0287. The monoisotopic (exact) mass is 286 g/mol. The molecule has 3 N–H and O–H groups in total. The van der Waals surface area contributed by atoms with Crippen LogP contribution >= 0.6 is 0 Å². The number of nitrogens with zero attached hydrogens (tertiary/aromatic N) is 2. The summed E-state index contributed by atoms with van der Waals surface area (Å²) in [5, 5.41) is 4.61. The molecule has 4 heteroatoms. The minimum atomic E-state index is -0.0287. The van der Waals surface area contributed by atoms with E-state index >= 15 is 0 Å². The Balaban J connectivity index is 2.36. The van der Waals surface area contributed by atoms with Crippen molar-refractivity contribution >= 4 is 0 Å². The predicted octanol–water partition coefficient (Wildman–Crippen LogP) is 3.14. The molecule has 0 aliphatic rings.